The molecule has 3 aliphatic carbocycles. The number of aryl methyl sites for hydroxylation is 1. The molecule has 13 nitrogen and oxygen atoms in total. The Morgan fingerprint density at radius 3 is 2.20 bits per heavy atom. The minimum atomic E-state index is -5.61. The van der Waals surface area contributed by atoms with Crippen LogP contribution < -0.4 is 4.74 Å². The van der Waals surface area contributed by atoms with Gasteiger partial charge in [-0.15, -0.1) is 0 Å². The molecule has 7 unspecified atom stereocenters. The van der Waals surface area contributed by atoms with Gasteiger partial charge in [0, 0.05) is 62.0 Å². The predicted molar refractivity (Wildman–Crippen MR) is 249 cm³/mol. The molecule has 0 spiro atoms. The van der Waals surface area contributed by atoms with Crippen LogP contribution in [0.3, 0.4) is 0 Å². The normalized spacial score (nSPS) is 23.2. The van der Waals surface area contributed by atoms with Crippen molar-refractivity contribution >= 4 is 37.2 Å². The van der Waals surface area contributed by atoms with E-state index >= 15 is 8.78 Å². The summed E-state index contributed by atoms with van der Waals surface area (Å²) < 4.78 is 168. The van der Waals surface area contributed by atoms with E-state index in [0.29, 0.717) is 55.9 Å². The van der Waals surface area contributed by atoms with Crippen LogP contribution in [0, 0.1) is 34.8 Å². The number of nitrogens with zero attached hydrogens (tertiary/aromatic N) is 1. The van der Waals surface area contributed by atoms with Crippen LogP contribution in [0.25, 0.3) is 0 Å². The summed E-state index contributed by atoms with van der Waals surface area (Å²) in [5.41, 5.74) is -2.16. The highest BCUT2D eigenvalue weighted by Gasteiger charge is 2.69. The van der Waals surface area contributed by atoms with Gasteiger partial charge in [0.25, 0.3) is 5.60 Å². The quantitative estimate of drug-likeness (QED) is 0.0305. The Hall–Kier alpha value is -1.56. The van der Waals surface area contributed by atoms with E-state index in [1.54, 1.807) is 28.6 Å². The second kappa shape index (κ2) is 25.8. The predicted octanol–water partition coefficient (Wildman–Crippen LogP) is 11.8. The van der Waals surface area contributed by atoms with Crippen molar-refractivity contribution in [1.82, 2.24) is 4.90 Å². The number of fused-ring (bicyclic) bond motifs is 5. The van der Waals surface area contributed by atoms with E-state index in [1.807, 2.05) is 23.1 Å². The van der Waals surface area contributed by atoms with E-state index in [9.17, 15) is 40.4 Å². The van der Waals surface area contributed by atoms with Crippen molar-refractivity contribution < 1.29 is 91.5 Å². The van der Waals surface area contributed by atoms with Crippen molar-refractivity contribution in [3.63, 3.8) is 0 Å². The first-order chi connectivity index (χ1) is 32.8. The first-order valence-electron chi connectivity index (χ1n) is 23.2. The van der Waals surface area contributed by atoms with Gasteiger partial charge in [-0.1, -0.05) is 34.6 Å². The van der Waals surface area contributed by atoms with Gasteiger partial charge in [-0.3, -0.25) is 13.6 Å². The topological polar surface area (TPSA) is 163 Å². The molecule has 0 amide bonds. The van der Waals surface area contributed by atoms with Crippen molar-refractivity contribution in [2.75, 3.05) is 71.8 Å². The zero-order valence-corrected chi connectivity index (χ0v) is 43.0. The molecule has 3 aliphatic rings. The highest BCUT2D eigenvalue weighted by atomic mass is 33.1. The van der Waals surface area contributed by atoms with E-state index in [1.165, 1.54) is 17.7 Å². The lowest BCUT2D eigenvalue weighted by molar-refractivity contribution is -0.374. The summed E-state index contributed by atoms with van der Waals surface area (Å²) in [6.45, 7) is 2.20. The lowest BCUT2D eigenvalue weighted by atomic mass is 9.55. The first-order valence-corrected chi connectivity index (χ1v) is 28.7. The van der Waals surface area contributed by atoms with Gasteiger partial charge in [0.05, 0.1) is 32.5 Å². The number of benzene rings is 2. The Bertz CT molecular complexity index is 2050. The largest absolute Gasteiger partial charge is 0.471 e. The van der Waals surface area contributed by atoms with Crippen LogP contribution in [0.5, 0.6) is 11.5 Å². The summed E-state index contributed by atoms with van der Waals surface area (Å²) >= 11 is 0. The number of phosphoric ester groups is 2. The van der Waals surface area contributed by atoms with Crippen molar-refractivity contribution in [2.24, 2.45) is 23.2 Å². The van der Waals surface area contributed by atoms with Crippen LogP contribution in [0.4, 0.5) is 35.1 Å². The highest BCUT2D eigenvalue weighted by molar-refractivity contribution is 8.76. The molecule has 2 saturated carbocycles. The minimum Gasteiger partial charge on any atom is -0.457 e. The third kappa shape index (κ3) is 16.5. The molecule has 2 fully saturated rings. The molecule has 5 rings (SSSR count). The Morgan fingerprint density at radius 2 is 1.53 bits per heavy atom. The van der Waals surface area contributed by atoms with E-state index < -0.39 is 57.8 Å². The molecule has 0 heterocycles. The molecule has 7 atom stereocenters. The van der Waals surface area contributed by atoms with E-state index in [0.717, 1.165) is 63.4 Å². The van der Waals surface area contributed by atoms with Crippen LogP contribution in [-0.4, -0.2) is 115 Å². The van der Waals surface area contributed by atoms with E-state index in [-0.39, 0.29) is 68.5 Å². The zero-order valence-electron chi connectivity index (χ0n) is 39.6. The summed E-state index contributed by atoms with van der Waals surface area (Å²) in [7, 11) is -2.95. The first kappa shape index (κ1) is 59.3. The van der Waals surface area contributed by atoms with Gasteiger partial charge in [-0.2, -0.15) is 26.3 Å². The summed E-state index contributed by atoms with van der Waals surface area (Å²) in [4.78, 5) is 29.2. The summed E-state index contributed by atoms with van der Waals surface area (Å²) in [6, 6.07) is 8.17. The fourth-order valence-electron chi connectivity index (χ4n) is 9.86. The van der Waals surface area contributed by atoms with Gasteiger partial charge >= 0.3 is 28.0 Å². The summed E-state index contributed by atoms with van der Waals surface area (Å²) in [5.74, 6) is 0.987. The van der Waals surface area contributed by atoms with Crippen molar-refractivity contribution in [3.05, 3.63) is 58.7 Å². The third-order valence-electron chi connectivity index (χ3n) is 13.7. The molecule has 0 bridgehead atoms. The second-order valence-electron chi connectivity index (χ2n) is 18.5. The highest BCUT2D eigenvalue weighted by Crippen LogP contribution is 2.62. The van der Waals surface area contributed by atoms with Crippen LogP contribution in [0.2, 0.25) is 0 Å². The molecule has 70 heavy (non-hydrogen) atoms. The maximum atomic E-state index is 15.4. The number of halogens is 8. The molecule has 25 heteroatoms. The number of hydrogen-bond donors (Lipinski definition) is 3. The van der Waals surface area contributed by atoms with E-state index in [2.05, 4.69) is 20.7 Å². The number of alkyl halides is 6. The van der Waals surface area contributed by atoms with Gasteiger partial charge in [-0.25, -0.2) is 17.9 Å². The van der Waals surface area contributed by atoms with Crippen LogP contribution in [-0.2, 0) is 49.9 Å². The van der Waals surface area contributed by atoms with Gasteiger partial charge in [-0.05, 0) is 131 Å². The molecule has 400 valence electrons. The van der Waals surface area contributed by atoms with Crippen molar-refractivity contribution in [1.29, 1.82) is 0 Å². The summed E-state index contributed by atoms with van der Waals surface area (Å²) in [6.07, 6.45) is -4.80. The average Bonchev–Trinajstić information content (AvgIpc) is 3.61. The molecule has 3 N–H and O–H groups in total. The second-order valence-corrected chi connectivity index (χ2v) is 24.0. The standard InChI is InChI=1S/C45H65F8NO12P2S2/c1-42-16-15-35-34-12-10-32(24-31(34)9-11-36(35)38(42)13-14-41(42)62-19-7-20-63-43(2,44(48,49)50)45(51,52)53)66-33-25-39(46)37(40(47)26-33)27-54(3)17-6-22-69-70-23-21-61-18-5-8-30(28-64-67(55,56)57)29-65-68(58,59)60-4/h10,12,24-26,30,35-36,38,41H,5-9,11,13-23,27-29H2,1-4H3,(H,58,59)(H2,55,56,57). The molecule has 2 aromatic carbocycles. The van der Waals surface area contributed by atoms with E-state index in [4.69, 9.17) is 28.5 Å². The number of hydrogen-bond acceptors (Lipinski definition) is 12. The zero-order chi connectivity index (χ0) is 51.5. The SMILES string of the molecule is COP(=O)(O)OCC(CCCOCCSSCCCN(C)Cc1c(F)cc(Oc2ccc3c(c2)CCC2C3CCC3(C)C(OCCCOC(C)(C(F)(F)F)C(F)(F)F)CCC23)cc1F)COP(=O)(O)O. The summed E-state index contributed by atoms with van der Waals surface area (Å²) in [5, 5.41) is 0. The third-order valence-corrected chi connectivity index (χ3v) is 17.6. The lowest BCUT2D eigenvalue weighted by Crippen LogP contribution is -2.56. The Balaban J connectivity index is 0.992. The number of ether oxygens (including phenoxy) is 4. The number of phosphoric acid groups is 2. The molecule has 2 aromatic rings. The number of rotatable bonds is 29. The molecule has 0 radical (unpaired) electrons. The van der Waals surface area contributed by atoms with Crippen molar-refractivity contribution in [2.45, 2.75) is 115 Å². The smallest absolute Gasteiger partial charge is 0.457 e. The Morgan fingerprint density at radius 1 is 0.843 bits per heavy atom. The minimum absolute atomic E-state index is 0.00145. The van der Waals surface area contributed by atoms with Crippen LogP contribution >= 0.6 is 37.2 Å². The molecule has 0 aliphatic heterocycles. The fraction of sp³-hybridized carbons (Fsp3) is 0.733. The average molecular weight is 1090 g/mol. The van der Waals surface area contributed by atoms with Gasteiger partial charge < -0.3 is 38.5 Å². The van der Waals surface area contributed by atoms with Gasteiger partial charge in [0.1, 0.15) is 23.1 Å². The Labute approximate surface area is 412 Å². The monoisotopic (exact) mass is 1090 g/mol. The van der Waals surface area contributed by atoms with Crippen LogP contribution in [0.1, 0.15) is 94.2 Å². The van der Waals surface area contributed by atoms with Crippen LogP contribution in [0.15, 0.2) is 30.3 Å². The maximum absolute atomic E-state index is 15.4. The fourth-order valence-corrected chi connectivity index (χ4v) is 12.7. The maximum Gasteiger partial charge on any atom is 0.471 e. The Kier molecular flexibility index (Phi) is 21.9. The molecule has 0 aromatic heterocycles. The van der Waals surface area contributed by atoms with Gasteiger partial charge in [0.15, 0.2) is 0 Å². The molecular formula is C45H65F8NO12P2S2. The van der Waals surface area contributed by atoms with Gasteiger partial charge in [0.2, 0.25) is 0 Å². The molecule has 0 saturated heterocycles. The molecular weight excluding hydrogens is 1020 g/mol. The van der Waals surface area contributed by atoms with Crippen molar-refractivity contribution in [3.8, 4) is 11.5 Å². The lowest BCUT2D eigenvalue weighted by Gasteiger charge is -2.50.